The number of rotatable bonds is 6. The maximum Gasteiger partial charge on any atom is 0.407 e. The Hall–Kier alpha value is -3.68. The van der Waals surface area contributed by atoms with E-state index in [0.717, 1.165) is 28.3 Å². The van der Waals surface area contributed by atoms with Crippen molar-refractivity contribution < 1.29 is 31.5 Å². The molecular formula is C25H18F5NO2. The first kappa shape index (κ1) is 22.5. The van der Waals surface area contributed by atoms with Gasteiger partial charge in [0.1, 0.15) is 6.61 Å². The number of hydrogen-bond donors (Lipinski definition) is 1. The molecule has 1 aliphatic rings. The minimum Gasteiger partial charge on any atom is -0.449 e. The van der Waals surface area contributed by atoms with Crippen LogP contribution in [0.4, 0.5) is 26.7 Å². The van der Waals surface area contributed by atoms with Gasteiger partial charge < -0.3 is 10.1 Å². The van der Waals surface area contributed by atoms with E-state index in [9.17, 15) is 26.7 Å². The van der Waals surface area contributed by atoms with Crippen LogP contribution in [0, 0.1) is 29.1 Å². The number of ether oxygens (including phenoxy) is 1. The van der Waals surface area contributed by atoms with E-state index in [1.165, 1.54) is 6.08 Å². The number of nitrogens with one attached hydrogen (secondary N) is 1. The molecule has 170 valence electrons. The van der Waals surface area contributed by atoms with Crippen molar-refractivity contribution in [1.29, 1.82) is 0 Å². The van der Waals surface area contributed by atoms with Crippen LogP contribution in [-0.2, 0) is 4.74 Å². The Labute approximate surface area is 186 Å². The molecule has 0 saturated heterocycles. The number of carbonyl (C=O) groups excluding carboxylic acids is 1. The normalized spacial score (nSPS) is 12.6. The summed E-state index contributed by atoms with van der Waals surface area (Å²) in [4.78, 5) is 12.1. The zero-order valence-electron chi connectivity index (χ0n) is 17.2. The van der Waals surface area contributed by atoms with Crippen molar-refractivity contribution in [3.63, 3.8) is 0 Å². The second kappa shape index (κ2) is 9.44. The van der Waals surface area contributed by atoms with Gasteiger partial charge in [0.2, 0.25) is 5.82 Å². The second-order valence-corrected chi connectivity index (χ2v) is 7.43. The summed E-state index contributed by atoms with van der Waals surface area (Å²) in [5, 5.41) is 2.49. The van der Waals surface area contributed by atoms with Crippen LogP contribution in [0.3, 0.4) is 0 Å². The van der Waals surface area contributed by atoms with Crippen molar-refractivity contribution >= 4 is 12.2 Å². The summed E-state index contributed by atoms with van der Waals surface area (Å²) in [6, 6.07) is 15.8. The van der Waals surface area contributed by atoms with Crippen molar-refractivity contribution in [1.82, 2.24) is 5.32 Å². The number of alkyl carbamates (subject to hydrolysis) is 1. The lowest BCUT2D eigenvalue weighted by Crippen LogP contribution is -2.26. The van der Waals surface area contributed by atoms with Crippen LogP contribution >= 0.6 is 0 Å². The number of hydrogen-bond acceptors (Lipinski definition) is 2. The highest BCUT2D eigenvalue weighted by atomic mass is 19.2. The molecule has 0 aliphatic heterocycles. The third-order valence-electron chi connectivity index (χ3n) is 5.45. The van der Waals surface area contributed by atoms with Gasteiger partial charge in [-0.1, -0.05) is 60.7 Å². The molecule has 4 rings (SSSR count). The molecule has 8 heteroatoms. The van der Waals surface area contributed by atoms with Gasteiger partial charge in [0, 0.05) is 12.5 Å². The molecule has 0 spiro atoms. The minimum absolute atomic E-state index is 0.0442. The molecule has 0 saturated carbocycles. The van der Waals surface area contributed by atoms with Gasteiger partial charge in [-0.25, -0.2) is 26.7 Å². The van der Waals surface area contributed by atoms with E-state index in [4.69, 9.17) is 4.74 Å². The lowest BCUT2D eigenvalue weighted by atomic mass is 9.98. The van der Waals surface area contributed by atoms with Gasteiger partial charge in [-0.15, -0.1) is 0 Å². The van der Waals surface area contributed by atoms with Crippen LogP contribution in [0.5, 0.6) is 0 Å². The highest BCUT2D eigenvalue weighted by Gasteiger charge is 2.29. The molecule has 0 radical (unpaired) electrons. The number of carbonyl (C=O) groups is 1. The smallest absolute Gasteiger partial charge is 0.407 e. The zero-order valence-corrected chi connectivity index (χ0v) is 17.2. The summed E-state index contributed by atoms with van der Waals surface area (Å²) in [6.07, 6.45) is 1.39. The van der Waals surface area contributed by atoms with E-state index in [1.807, 2.05) is 48.5 Å². The van der Waals surface area contributed by atoms with Crippen molar-refractivity contribution in [3.8, 4) is 11.1 Å². The first-order valence-corrected chi connectivity index (χ1v) is 10.2. The molecule has 0 unspecified atom stereocenters. The molecule has 3 aromatic carbocycles. The highest BCUT2D eigenvalue weighted by Crippen LogP contribution is 2.44. The largest absolute Gasteiger partial charge is 0.449 e. The summed E-state index contributed by atoms with van der Waals surface area (Å²) in [5.41, 5.74) is 3.29. The Bertz CT molecular complexity index is 1170. The lowest BCUT2D eigenvalue weighted by Gasteiger charge is -2.14. The number of halogens is 5. The quantitative estimate of drug-likeness (QED) is 0.203. The SMILES string of the molecule is O=C(NCCC=Cc1c(F)c(F)c(F)c(F)c1F)OCC1c2ccccc2-c2ccccc21. The summed E-state index contributed by atoms with van der Waals surface area (Å²) in [6.45, 7) is 0.169. The van der Waals surface area contributed by atoms with Crippen LogP contribution in [0.15, 0.2) is 54.6 Å². The summed E-state index contributed by atoms with van der Waals surface area (Å²) >= 11 is 0. The molecule has 33 heavy (non-hydrogen) atoms. The van der Waals surface area contributed by atoms with E-state index in [2.05, 4.69) is 5.32 Å². The third kappa shape index (κ3) is 4.33. The van der Waals surface area contributed by atoms with E-state index in [1.54, 1.807) is 0 Å². The Morgan fingerprint density at radius 3 is 1.91 bits per heavy atom. The van der Waals surface area contributed by atoms with E-state index >= 15 is 0 Å². The van der Waals surface area contributed by atoms with E-state index in [-0.39, 0.29) is 25.5 Å². The van der Waals surface area contributed by atoms with Gasteiger partial charge in [0.05, 0.1) is 5.56 Å². The van der Waals surface area contributed by atoms with Crippen molar-refractivity contribution in [3.05, 3.63) is 100 Å². The molecule has 0 atom stereocenters. The minimum atomic E-state index is -2.21. The first-order chi connectivity index (χ1) is 15.9. The Balaban J connectivity index is 1.31. The molecule has 0 aromatic heterocycles. The van der Waals surface area contributed by atoms with Crippen LogP contribution in [-0.4, -0.2) is 19.2 Å². The monoisotopic (exact) mass is 459 g/mol. The van der Waals surface area contributed by atoms with Crippen LogP contribution in [0.1, 0.15) is 29.0 Å². The predicted molar refractivity (Wildman–Crippen MR) is 113 cm³/mol. The first-order valence-electron chi connectivity index (χ1n) is 10.2. The van der Waals surface area contributed by atoms with Crippen molar-refractivity contribution in [2.24, 2.45) is 0 Å². The molecule has 3 aromatic rings. The predicted octanol–water partition coefficient (Wildman–Crippen LogP) is 6.32. The summed E-state index contributed by atoms with van der Waals surface area (Å²) in [7, 11) is 0. The molecule has 1 amide bonds. The molecule has 3 nitrogen and oxygen atoms in total. The fraction of sp³-hybridized carbons (Fsp3) is 0.160. The zero-order chi connectivity index (χ0) is 23.5. The van der Waals surface area contributed by atoms with Gasteiger partial charge in [0.15, 0.2) is 23.3 Å². The number of fused-ring (bicyclic) bond motifs is 3. The van der Waals surface area contributed by atoms with E-state index in [0.29, 0.717) is 0 Å². The fourth-order valence-electron chi connectivity index (χ4n) is 3.88. The van der Waals surface area contributed by atoms with Crippen LogP contribution in [0.25, 0.3) is 17.2 Å². The lowest BCUT2D eigenvalue weighted by molar-refractivity contribution is 0.143. The molecule has 1 N–H and O–H groups in total. The van der Waals surface area contributed by atoms with Gasteiger partial charge in [-0.05, 0) is 28.7 Å². The second-order valence-electron chi connectivity index (χ2n) is 7.43. The summed E-state index contributed by atoms with van der Waals surface area (Å²) in [5.74, 6) is -10.1. The molecular weight excluding hydrogens is 441 g/mol. The standard InChI is InChI=1S/C25H18F5NO2/c26-20-18(21(27)23(29)24(30)22(20)28)11-5-6-12-31-25(32)33-13-19-16-9-3-1-7-14(16)15-8-2-4-10-17(15)19/h1-5,7-11,19H,6,12-13H2,(H,31,32). The Kier molecular flexibility index (Phi) is 6.44. The van der Waals surface area contributed by atoms with Crippen molar-refractivity contribution in [2.75, 3.05) is 13.2 Å². The average Bonchev–Trinajstić information content (AvgIpc) is 3.15. The van der Waals surface area contributed by atoms with Crippen molar-refractivity contribution in [2.45, 2.75) is 12.3 Å². The molecule has 1 aliphatic carbocycles. The van der Waals surface area contributed by atoms with Gasteiger partial charge >= 0.3 is 6.09 Å². The van der Waals surface area contributed by atoms with Gasteiger partial charge in [0.25, 0.3) is 0 Å². The molecule has 0 bridgehead atoms. The topological polar surface area (TPSA) is 38.3 Å². The maximum atomic E-state index is 13.6. The van der Waals surface area contributed by atoms with Crippen LogP contribution < -0.4 is 5.32 Å². The maximum absolute atomic E-state index is 13.6. The summed E-state index contributed by atoms with van der Waals surface area (Å²) < 4.78 is 72.1. The fourth-order valence-corrected chi connectivity index (χ4v) is 3.88. The van der Waals surface area contributed by atoms with E-state index < -0.39 is 40.7 Å². The third-order valence-corrected chi connectivity index (χ3v) is 5.45. The van der Waals surface area contributed by atoms with Crippen LogP contribution in [0.2, 0.25) is 0 Å². The van der Waals surface area contributed by atoms with Gasteiger partial charge in [-0.2, -0.15) is 0 Å². The molecule has 0 heterocycles. The Morgan fingerprint density at radius 2 is 1.33 bits per heavy atom. The number of benzene rings is 3. The number of amides is 1. The average molecular weight is 459 g/mol. The highest BCUT2D eigenvalue weighted by molar-refractivity contribution is 5.79. The Morgan fingerprint density at radius 1 is 0.818 bits per heavy atom. The molecule has 0 fully saturated rings. The van der Waals surface area contributed by atoms with Gasteiger partial charge in [-0.3, -0.25) is 0 Å².